The minimum absolute atomic E-state index is 0.537. The van der Waals surface area contributed by atoms with E-state index in [0.29, 0.717) is 6.20 Å². The number of pyridine rings is 1. The number of carbonyl (C=O) groups is 1. The first-order chi connectivity index (χ1) is 6.45. The first-order valence-corrected chi connectivity index (χ1v) is 3.37. The molecule has 0 saturated heterocycles. The van der Waals surface area contributed by atoms with E-state index >= 15 is 0 Å². The van der Waals surface area contributed by atoms with Gasteiger partial charge in [0.1, 0.15) is 0 Å². The van der Waals surface area contributed by atoms with E-state index in [-0.39, 0.29) is 0 Å². The second-order valence-corrected chi connectivity index (χ2v) is 2.36. The molecule has 1 heterocycles. The van der Waals surface area contributed by atoms with Crippen molar-refractivity contribution in [1.29, 1.82) is 0 Å². The Morgan fingerprint density at radius 3 is 2.50 bits per heavy atom. The summed E-state index contributed by atoms with van der Waals surface area (Å²) >= 11 is 0. The van der Waals surface area contributed by atoms with Gasteiger partial charge < -0.3 is 10.1 Å². The van der Waals surface area contributed by atoms with E-state index in [1.165, 1.54) is 0 Å². The number of aromatic carboxylic acids is 1. The lowest BCUT2D eigenvalue weighted by Gasteiger charge is -2.04. The molecule has 76 valence electrons. The molecule has 0 amide bonds. The van der Waals surface area contributed by atoms with Gasteiger partial charge in [0.2, 0.25) is 0 Å². The van der Waals surface area contributed by atoms with Crippen molar-refractivity contribution >= 4 is 5.97 Å². The van der Waals surface area contributed by atoms with E-state index in [0.717, 1.165) is 0 Å². The first kappa shape index (κ1) is 10.3. The van der Waals surface area contributed by atoms with E-state index in [9.17, 15) is 22.8 Å². The fourth-order valence-corrected chi connectivity index (χ4v) is 0.910. The Hall–Kier alpha value is -1.79. The van der Waals surface area contributed by atoms with Gasteiger partial charge in [0.25, 0.3) is 12.0 Å². The standard InChI is InChI=1S/C7H4F3NO3/c8-4-3(5(9)10)2(7(13)14)1-11-6(4)12/h1,5H,(H,11,12)(H,13,14). The number of hydrogen-bond acceptors (Lipinski definition) is 2. The van der Waals surface area contributed by atoms with Crippen molar-refractivity contribution in [3.63, 3.8) is 0 Å². The Morgan fingerprint density at radius 1 is 1.50 bits per heavy atom. The van der Waals surface area contributed by atoms with Gasteiger partial charge >= 0.3 is 5.97 Å². The second-order valence-electron chi connectivity index (χ2n) is 2.36. The van der Waals surface area contributed by atoms with Gasteiger partial charge in [0.15, 0.2) is 5.82 Å². The van der Waals surface area contributed by atoms with Crippen LogP contribution < -0.4 is 5.56 Å². The lowest BCUT2D eigenvalue weighted by Crippen LogP contribution is -2.18. The van der Waals surface area contributed by atoms with E-state index in [4.69, 9.17) is 5.11 Å². The number of H-pyrrole nitrogens is 1. The summed E-state index contributed by atoms with van der Waals surface area (Å²) in [5.74, 6) is -3.49. The van der Waals surface area contributed by atoms with Crippen LogP contribution in [0, 0.1) is 5.82 Å². The van der Waals surface area contributed by atoms with Gasteiger partial charge in [0.05, 0.1) is 11.1 Å². The Balaban J connectivity index is 3.53. The quantitative estimate of drug-likeness (QED) is 0.764. The molecule has 0 spiro atoms. The molecular formula is C7H4F3NO3. The van der Waals surface area contributed by atoms with Crippen molar-refractivity contribution < 1.29 is 23.1 Å². The van der Waals surface area contributed by atoms with Crippen molar-refractivity contribution in [3.8, 4) is 0 Å². The number of aromatic amines is 1. The fraction of sp³-hybridized carbons (Fsp3) is 0.143. The molecule has 0 aromatic carbocycles. The molecular weight excluding hydrogens is 203 g/mol. The highest BCUT2D eigenvalue weighted by Gasteiger charge is 2.24. The van der Waals surface area contributed by atoms with Gasteiger partial charge in [-0.05, 0) is 0 Å². The lowest BCUT2D eigenvalue weighted by atomic mass is 10.1. The van der Waals surface area contributed by atoms with Crippen LogP contribution in [0.25, 0.3) is 0 Å². The van der Waals surface area contributed by atoms with Crippen molar-refractivity contribution in [2.75, 3.05) is 0 Å². The largest absolute Gasteiger partial charge is 0.478 e. The third-order valence-corrected chi connectivity index (χ3v) is 1.52. The summed E-state index contributed by atoms with van der Waals surface area (Å²) in [5, 5.41) is 8.41. The number of aromatic nitrogens is 1. The molecule has 1 aromatic heterocycles. The van der Waals surface area contributed by atoms with Crippen LogP contribution in [-0.4, -0.2) is 16.1 Å². The van der Waals surface area contributed by atoms with Crippen LogP contribution in [0.15, 0.2) is 11.0 Å². The van der Waals surface area contributed by atoms with Gasteiger partial charge in [0, 0.05) is 6.20 Å². The van der Waals surface area contributed by atoms with Crippen molar-refractivity contribution in [1.82, 2.24) is 4.98 Å². The summed E-state index contributed by atoms with van der Waals surface area (Å²) in [6, 6.07) is 0. The summed E-state index contributed by atoms with van der Waals surface area (Å²) < 4.78 is 37.1. The Labute approximate surface area is 75.0 Å². The van der Waals surface area contributed by atoms with Crippen LogP contribution in [0.4, 0.5) is 13.2 Å². The third-order valence-electron chi connectivity index (χ3n) is 1.52. The van der Waals surface area contributed by atoms with Crippen LogP contribution in [0.1, 0.15) is 22.3 Å². The Bertz CT molecular complexity index is 427. The maximum atomic E-state index is 12.8. The molecule has 2 N–H and O–H groups in total. The molecule has 0 radical (unpaired) electrons. The minimum atomic E-state index is -3.34. The summed E-state index contributed by atoms with van der Waals surface area (Å²) in [7, 11) is 0. The maximum absolute atomic E-state index is 12.8. The number of hydrogen-bond donors (Lipinski definition) is 2. The van der Waals surface area contributed by atoms with E-state index in [2.05, 4.69) is 0 Å². The van der Waals surface area contributed by atoms with Gasteiger partial charge in [-0.3, -0.25) is 4.79 Å². The lowest BCUT2D eigenvalue weighted by molar-refractivity contribution is 0.0681. The highest BCUT2D eigenvalue weighted by atomic mass is 19.3. The van der Waals surface area contributed by atoms with Gasteiger partial charge in [-0.25, -0.2) is 18.0 Å². The zero-order valence-electron chi connectivity index (χ0n) is 6.55. The smallest absolute Gasteiger partial charge is 0.337 e. The van der Waals surface area contributed by atoms with Crippen LogP contribution in [0.3, 0.4) is 0 Å². The zero-order valence-corrected chi connectivity index (χ0v) is 6.55. The minimum Gasteiger partial charge on any atom is -0.478 e. The summed E-state index contributed by atoms with van der Waals surface area (Å²) in [6.45, 7) is 0. The normalized spacial score (nSPS) is 10.6. The molecule has 14 heavy (non-hydrogen) atoms. The topological polar surface area (TPSA) is 70.2 Å². The van der Waals surface area contributed by atoms with Crippen LogP contribution in [0.5, 0.6) is 0 Å². The molecule has 7 heteroatoms. The average molecular weight is 207 g/mol. The molecule has 1 aromatic rings. The number of carboxylic acid groups (broad SMARTS) is 1. The van der Waals surface area contributed by atoms with Gasteiger partial charge in [-0.1, -0.05) is 0 Å². The Morgan fingerprint density at radius 2 is 2.07 bits per heavy atom. The van der Waals surface area contributed by atoms with Crippen LogP contribution >= 0.6 is 0 Å². The highest BCUT2D eigenvalue weighted by molar-refractivity contribution is 5.89. The predicted molar refractivity (Wildman–Crippen MR) is 38.9 cm³/mol. The molecule has 0 aliphatic rings. The number of nitrogens with one attached hydrogen (secondary N) is 1. The molecule has 4 nitrogen and oxygen atoms in total. The highest BCUT2D eigenvalue weighted by Crippen LogP contribution is 2.23. The molecule has 0 saturated carbocycles. The number of alkyl halides is 2. The second kappa shape index (κ2) is 3.52. The fourth-order valence-electron chi connectivity index (χ4n) is 0.910. The van der Waals surface area contributed by atoms with Gasteiger partial charge in [-0.2, -0.15) is 0 Å². The van der Waals surface area contributed by atoms with E-state index in [1.807, 2.05) is 0 Å². The van der Waals surface area contributed by atoms with E-state index in [1.54, 1.807) is 4.98 Å². The number of halogens is 3. The van der Waals surface area contributed by atoms with Crippen molar-refractivity contribution in [2.45, 2.75) is 6.43 Å². The molecule has 0 aliphatic heterocycles. The van der Waals surface area contributed by atoms with Crippen LogP contribution in [-0.2, 0) is 0 Å². The summed E-state index contributed by atoms with van der Waals surface area (Å²) in [6.07, 6.45) is -2.81. The molecule has 0 fully saturated rings. The summed E-state index contributed by atoms with van der Waals surface area (Å²) in [5.41, 5.74) is -3.70. The van der Waals surface area contributed by atoms with Crippen molar-refractivity contribution in [2.24, 2.45) is 0 Å². The molecule has 1 rings (SSSR count). The first-order valence-electron chi connectivity index (χ1n) is 3.37. The number of rotatable bonds is 2. The molecule has 0 unspecified atom stereocenters. The van der Waals surface area contributed by atoms with Crippen molar-refractivity contribution in [3.05, 3.63) is 33.5 Å². The third kappa shape index (κ3) is 1.61. The average Bonchev–Trinajstić information content (AvgIpc) is 2.08. The zero-order chi connectivity index (χ0) is 10.9. The predicted octanol–water partition coefficient (Wildman–Crippen LogP) is 1.15. The summed E-state index contributed by atoms with van der Waals surface area (Å²) in [4.78, 5) is 22.6. The number of carboxylic acids is 1. The molecule has 0 aliphatic carbocycles. The maximum Gasteiger partial charge on any atom is 0.337 e. The van der Waals surface area contributed by atoms with Gasteiger partial charge in [-0.15, -0.1) is 0 Å². The van der Waals surface area contributed by atoms with E-state index < -0.39 is 34.9 Å². The molecule has 0 bridgehead atoms. The Kier molecular flexibility index (Phi) is 2.59. The monoisotopic (exact) mass is 207 g/mol. The SMILES string of the molecule is O=C(O)c1c[nH]c(=O)c(F)c1C(F)F. The molecule has 0 atom stereocenters. The van der Waals surface area contributed by atoms with Crippen LogP contribution in [0.2, 0.25) is 0 Å².